The van der Waals surface area contributed by atoms with Crippen LogP contribution in [0.1, 0.15) is 70.6 Å². The van der Waals surface area contributed by atoms with Gasteiger partial charge >= 0.3 is 23.9 Å². The van der Waals surface area contributed by atoms with Crippen molar-refractivity contribution in [2.24, 2.45) is 0 Å². The Labute approximate surface area is 170 Å². The Balaban J connectivity index is 2.11. The molecule has 1 saturated heterocycles. The summed E-state index contributed by atoms with van der Waals surface area (Å²) in [5.74, 6) is -18.7. The van der Waals surface area contributed by atoms with Crippen LogP contribution in [0.15, 0.2) is 0 Å². The maximum atomic E-state index is 13.4. The Morgan fingerprint density at radius 2 is 1.27 bits per heavy atom. The van der Waals surface area contributed by atoms with Crippen molar-refractivity contribution in [3.63, 3.8) is 0 Å². The first-order chi connectivity index (χ1) is 13.8. The molecular formula is C19H29F9O2. The predicted octanol–water partition coefficient (Wildman–Crippen LogP) is 7.16. The average molecular weight is 460 g/mol. The fourth-order valence-electron chi connectivity index (χ4n) is 3.15. The van der Waals surface area contributed by atoms with Crippen molar-refractivity contribution in [1.29, 1.82) is 0 Å². The Morgan fingerprint density at radius 1 is 0.700 bits per heavy atom. The number of alkyl halides is 9. The molecule has 1 heterocycles. The highest BCUT2D eigenvalue weighted by Crippen LogP contribution is 2.54. The molecule has 0 aromatic heterocycles. The topological polar surface area (TPSA) is 18.5 Å². The molecule has 0 aromatic carbocycles. The quantitative estimate of drug-likeness (QED) is 0.202. The maximum Gasteiger partial charge on any atom is 0.460 e. The van der Waals surface area contributed by atoms with E-state index in [0.29, 0.717) is 26.1 Å². The third-order valence-corrected chi connectivity index (χ3v) is 5.07. The fourth-order valence-corrected chi connectivity index (χ4v) is 3.15. The first-order valence-corrected chi connectivity index (χ1v) is 10.2. The van der Waals surface area contributed by atoms with E-state index in [9.17, 15) is 39.5 Å². The van der Waals surface area contributed by atoms with Crippen molar-refractivity contribution in [3.05, 3.63) is 0 Å². The Morgan fingerprint density at radius 3 is 1.80 bits per heavy atom. The third kappa shape index (κ3) is 7.76. The van der Waals surface area contributed by atoms with Gasteiger partial charge in [-0.15, -0.1) is 0 Å². The zero-order valence-corrected chi connectivity index (χ0v) is 16.7. The number of hydrogen-bond donors (Lipinski definition) is 0. The minimum absolute atomic E-state index is 0.0405. The SMILES string of the molecule is FC(F)(F)C(F)(F)C(F)(F)C(F)(F)CCCCCCCCCOCC1CCCCO1. The summed E-state index contributed by atoms with van der Waals surface area (Å²) < 4.78 is 126. The third-order valence-electron chi connectivity index (χ3n) is 5.07. The number of hydrogen-bond acceptors (Lipinski definition) is 2. The van der Waals surface area contributed by atoms with Crippen LogP contribution in [-0.2, 0) is 9.47 Å². The average Bonchev–Trinajstić information content (AvgIpc) is 2.65. The van der Waals surface area contributed by atoms with Gasteiger partial charge in [-0.2, -0.15) is 39.5 Å². The molecule has 180 valence electrons. The second kappa shape index (κ2) is 11.8. The van der Waals surface area contributed by atoms with Crippen molar-refractivity contribution in [3.8, 4) is 0 Å². The van der Waals surface area contributed by atoms with Crippen LogP contribution in [0.4, 0.5) is 39.5 Å². The summed E-state index contributed by atoms with van der Waals surface area (Å²) in [6.45, 7) is 1.86. The molecule has 0 saturated carbocycles. The van der Waals surface area contributed by atoms with E-state index >= 15 is 0 Å². The van der Waals surface area contributed by atoms with Gasteiger partial charge in [0.2, 0.25) is 0 Å². The van der Waals surface area contributed by atoms with Crippen LogP contribution < -0.4 is 0 Å². The van der Waals surface area contributed by atoms with Gasteiger partial charge < -0.3 is 9.47 Å². The summed E-state index contributed by atoms with van der Waals surface area (Å²) >= 11 is 0. The molecule has 1 atom stereocenters. The maximum absolute atomic E-state index is 13.4. The van der Waals surface area contributed by atoms with Gasteiger partial charge in [0.15, 0.2) is 0 Å². The van der Waals surface area contributed by atoms with Gasteiger partial charge in [0.1, 0.15) is 0 Å². The van der Waals surface area contributed by atoms with Crippen molar-refractivity contribution >= 4 is 0 Å². The lowest BCUT2D eigenvalue weighted by Gasteiger charge is -2.33. The lowest BCUT2D eigenvalue weighted by molar-refractivity contribution is -0.396. The largest absolute Gasteiger partial charge is 0.460 e. The lowest BCUT2D eigenvalue weighted by atomic mass is 9.98. The molecule has 0 spiro atoms. The molecule has 0 bridgehead atoms. The highest BCUT2D eigenvalue weighted by molar-refractivity contribution is 5.00. The van der Waals surface area contributed by atoms with E-state index in [1.54, 1.807) is 0 Å². The zero-order chi connectivity index (χ0) is 22.9. The Hall–Kier alpha value is -0.710. The van der Waals surface area contributed by atoms with E-state index in [2.05, 4.69) is 0 Å². The molecule has 0 amide bonds. The number of halogens is 9. The van der Waals surface area contributed by atoms with Crippen LogP contribution >= 0.6 is 0 Å². The molecule has 1 rings (SSSR count). The highest BCUT2D eigenvalue weighted by Gasteiger charge is 2.81. The molecule has 30 heavy (non-hydrogen) atoms. The van der Waals surface area contributed by atoms with E-state index in [-0.39, 0.29) is 12.5 Å². The molecule has 0 aromatic rings. The monoisotopic (exact) mass is 460 g/mol. The van der Waals surface area contributed by atoms with Crippen molar-refractivity contribution in [2.45, 2.75) is 101 Å². The molecular weight excluding hydrogens is 431 g/mol. The number of ether oxygens (including phenoxy) is 2. The van der Waals surface area contributed by atoms with Gasteiger partial charge in [0, 0.05) is 19.6 Å². The molecule has 0 aliphatic carbocycles. The standard InChI is InChI=1S/C19H29F9O2/c20-16(21,17(22,23)18(24,25)19(26,27)28)11-7-4-2-1-3-5-8-12-29-14-15-10-6-9-13-30-15/h15H,1-14H2. The molecule has 1 unspecified atom stereocenters. The molecule has 1 aliphatic rings. The van der Waals surface area contributed by atoms with Crippen molar-refractivity contribution in [1.82, 2.24) is 0 Å². The van der Waals surface area contributed by atoms with Gasteiger partial charge in [0.25, 0.3) is 0 Å². The minimum atomic E-state index is -6.80. The summed E-state index contributed by atoms with van der Waals surface area (Å²) in [5, 5.41) is 0. The van der Waals surface area contributed by atoms with E-state index in [1.165, 1.54) is 0 Å². The van der Waals surface area contributed by atoms with Crippen LogP contribution in [0.5, 0.6) is 0 Å². The molecule has 0 N–H and O–H groups in total. The van der Waals surface area contributed by atoms with E-state index in [4.69, 9.17) is 9.47 Å². The van der Waals surface area contributed by atoms with Gasteiger partial charge in [0.05, 0.1) is 12.7 Å². The van der Waals surface area contributed by atoms with E-state index in [0.717, 1.165) is 45.1 Å². The van der Waals surface area contributed by atoms with Crippen LogP contribution in [0, 0.1) is 0 Å². The van der Waals surface area contributed by atoms with Crippen LogP contribution in [-0.4, -0.2) is 49.9 Å². The van der Waals surface area contributed by atoms with Crippen LogP contribution in [0.3, 0.4) is 0 Å². The van der Waals surface area contributed by atoms with Gasteiger partial charge in [-0.3, -0.25) is 0 Å². The fraction of sp³-hybridized carbons (Fsp3) is 1.00. The summed E-state index contributed by atoms with van der Waals surface area (Å²) in [4.78, 5) is 0. The normalized spacial score (nSPS) is 19.3. The summed E-state index contributed by atoms with van der Waals surface area (Å²) in [5.41, 5.74) is 0. The van der Waals surface area contributed by atoms with E-state index < -0.39 is 36.8 Å². The smallest absolute Gasteiger partial charge is 0.379 e. The van der Waals surface area contributed by atoms with Crippen LogP contribution in [0.2, 0.25) is 0 Å². The molecule has 11 heteroatoms. The highest BCUT2D eigenvalue weighted by atomic mass is 19.4. The second-order valence-corrected chi connectivity index (χ2v) is 7.64. The summed E-state index contributed by atoms with van der Waals surface area (Å²) in [6.07, 6.45) is -2.32. The van der Waals surface area contributed by atoms with Gasteiger partial charge in [-0.05, 0) is 32.1 Å². The molecule has 0 radical (unpaired) electrons. The van der Waals surface area contributed by atoms with Gasteiger partial charge in [-0.25, -0.2) is 0 Å². The first kappa shape index (κ1) is 27.3. The second-order valence-electron chi connectivity index (χ2n) is 7.64. The lowest BCUT2D eigenvalue weighted by Crippen LogP contribution is -2.60. The summed E-state index contributed by atoms with van der Waals surface area (Å²) in [7, 11) is 0. The molecule has 1 fully saturated rings. The first-order valence-electron chi connectivity index (χ1n) is 10.2. The van der Waals surface area contributed by atoms with Gasteiger partial charge in [-0.1, -0.05) is 32.1 Å². The minimum Gasteiger partial charge on any atom is -0.379 e. The van der Waals surface area contributed by atoms with Crippen molar-refractivity contribution in [2.75, 3.05) is 19.8 Å². The Bertz CT molecular complexity index is 475. The molecule has 2 nitrogen and oxygen atoms in total. The molecule has 1 aliphatic heterocycles. The van der Waals surface area contributed by atoms with Crippen LogP contribution in [0.25, 0.3) is 0 Å². The summed E-state index contributed by atoms with van der Waals surface area (Å²) in [6, 6.07) is 0. The number of rotatable bonds is 14. The Kier molecular flexibility index (Phi) is 10.7. The number of unbranched alkanes of at least 4 members (excludes halogenated alkanes) is 6. The predicted molar refractivity (Wildman–Crippen MR) is 92.2 cm³/mol. The van der Waals surface area contributed by atoms with E-state index in [1.807, 2.05) is 0 Å². The van der Waals surface area contributed by atoms with Crippen molar-refractivity contribution < 1.29 is 49.0 Å². The zero-order valence-electron chi connectivity index (χ0n) is 16.7.